The van der Waals surface area contributed by atoms with Gasteiger partial charge in [-0.2, -0.15) is 0 Å². The van der Waals surface area contributed by atoms with E-state index in [0.29, 0.717) is 30.7 Å². The molecule has 0 atom stereocenters. The zero-order valence-electron chi connectivity index (χ0n) is 10.8. The van der Waals surface area contributed by atoms with Gasteiger partial charge in [0.1, 0.15) is 5.82 Å². The van der Waals surface area contributed by atoms with E-state index in [1.54, 1.807) is 6.07 Å². The fourth-order valence-corrected chi connectivity index (χ4v) is 2.52. The summed E-state index contributed by atoms with van der Waals surface area (Å²) in [4.78, 5) is 7.38. The Morgan fingerprint density at radius 3 is 3.05 bits per heavy atom. The number of anilines is 1. The topological polar surface area (TPSA) is 49.9 Å². The summed E-state index contributed by atoms with van der Waals surface area (Å²) in [5, 5.41) is 3.16. The van der Waals surface area contributed by atoms with Crippen LogP contribution in [0.2, 0.25) is 0 Å². The lowest BCUT2D eigenvalue weighted by Gasteiger charge is -2.10. The van der Waals surface area contributed by atoms with E-state index in [1.165, 1.54) is 37.8 Å². The monoisotopic (exact) mass is 263 g/mol. The van der Waals surface area contributed by atoms with Crippen molar-refractivity contribution >= 4 is 17.0 Å². The molecule has 0 aliphatic heterocycles. The normalized spacial score (nSPS) is 16.3. The van der Waals surface area contributed by atoms with Crippen LogP contribution in [-0.2, 0) is 4.74 Å². The molecule has 2 aromatic rings. The largest absolute Gasteiger partial charge is 0.376 e. The van der Waals surface area contributed by atoms with Crippen LogP contribution in [0.4, 0.5) is 10.3 Å². The number of aromatic nitrogens is 2. The number of hydrogen-bond donors (Lipinski definition) is 2. The van der Waals surface area contributed by atoms with Gasteiger partial charge in [-0.3, -0.25) is 0 Å². The highest BCUT2D eigenvalue weighted by Crippen LogP contribution is 2.20. The summed E-state index contributed by atoms with van der Waals surface area (Å²) in [6.45, 7) is 1.38. The number of nitrogens with one attached hydrogen (secondary N) is 2. The number of hydrogen-bond acceptors (Lipinski definition) is 3. The molecule has 102 valence electrons. The van der Waals surface area contributed by atoms with Crippen LogP contribution in [0.15, 0.2) is 18.2 Å². The predicted molar refractivity (Wildman–Crippen MR) is 72.7 cm³/mol. The van der Waals surface area contributed by atoms with Crippen molar-refractivity contribution in [3.8, 4) is 0 Å². The summed E-state index contributed by atoms with van der Waals surface area (Å²) in [5.41, 5.74) is 1.47. The molecule has 1 saturated carbocycles. The molecule has 4 nitrogen and oxygen atoms in total. The zero-order valence-corrected chi connectivity index (χ0v) is 10.8. The first-order valence-electron chi connectivity index (χ1n) is 6.82. The number of H-pyrrole nitrogens is 1. The second-order valence-corrected chi connectivity index (χ2v) is 4.95. The van der Waals surface area contributed by atoms with Gasteiger partial charge in [-0.15, -0.1) is 0 Å². The van der Waals surface area contributed by atoms with Crippen LogP contribution >= 0.6 is 0 Å². The van der Waals surface area contributed by atoms with E-state index >= 15 is 0 Å². The van der Waals surface area contributed by atoms with Crippen LogP contribution in [-0.4, -0.2) is 29.2 Å². The number of nitrogens with zero attached hydrogens (tertiary/aromatic N) is 1. The predicted octanol–water partition coefficient (Wildman–Crippen LogP) is 3.07. The fourth-order valence-electron chi connectivity index (χ4n) is 2.52. The van der Waals surface area contributed by atoms with E-state index in [4.69, 9.17) is 4.74 Å². The fraction of sp³-hybridized carbons (Fsp3) is 0.500. The summed E-state index contributed by atoms with van der Waals surface area (Å²) < 4.78 is 18.8. The molecule has 0 spiro atoms. The molecule has 0 amide bonds. The standard InChI is InChI=1S/C14H18FN3O/c15-10-5-6-12-13(9-10)18-14(17-12)16-7-8-19-11-3-1-2-4-11/h5-6,9,11H,1-4,7-8H2,(H2,16,17,18). The van der Waals surface area contributed by atoms with Gasteiger partial charge in [-0.05, 0) is 31.0 Å². The maximum Gasteiger partial charge on any atom is 0.201 e. The van der Waals surface area contributed by atoms with Crippen LogP contribution in [0.3, 0.4) is 0 Å². The van der Waals surface area contributed by atoms with Crippen molar-refractivity contribution in [2.75, 3.05) is 18.5 Å². The van der Waals surface area contributed by atoms with E-state index < -0.39 is 0 Å². The molecule has 1 aliphatic carbocycles. The number of imidazole rings is 1. The quantitative estimate of drug-likeness (QED) is 0.815. The van der Waals surface area contributed by atoms with Gasteiger partial charge >= 0.3 is 0 Å². The van der Waals surface area contributed by atoms with Gasteiger partial charge in [0.2, 0.25) is 5.95 Å². The molecule has 2 N–H and O–H groups in total. The summed E-state index contributed by atoms with van der Waals surface area (Å²) in [6, 6.07) is 4.53. The lowest BCUT2D eigenvalue weighted by molar-refractivity contribution is 0.0658. The SMILES string of the molecule is Fc1ccc2nc(NCCOC3CCCC3)[nH]c2c1. The number of benzene rings is 1. The molecule has 5 heteroatoms. The number of fused-ring (bicyclic) bond motifs is 1. The Hall–Kier alpha value is -1.62. The lowest BCUT2D eigenvalue weighted by atomic mass is 10.3. The second kappa shape index (κ2) is 5.57. The summed E-state index contributed by atoms with van der Waals surface area (Å²) in [7, 11) is 0. The number of aromatic amines is 1. The van der Waals surface area contributed by atoms with Gasteiger partial charge in [0, 0.05) is 6.54 Å². The van der Waals surface area contributed by atoms with Crippen molar-refractivity contribution in [1.82, 2.24) is 9.97 Å². The van der Waals surface area contributed by atoms with Crippen LogP contribution in [0.5, 0.6) is 0 Å². The molecule has 0 radical (unpaired) electrons. The van der Waals surface area contributed by atoms with E-state index in [9.17, 15) is 4.39 Å². The highest BCUT2D eigenvalue weighted by atomic mass is 19.1. The Balaban J connectivity index is 1.50. The Bertz CT molecular complexity index is 549. The van der Waals surface area contributed by atoms with Crippen LogP contribution in [0.25, 0.3) is 11.0 Å². The first-order valence-corrected chi connectivity index (χ1v) is 6.82. The summed E-state index contributed by atoms with van der Waals surface area (Å²) in [6.07, 6.45) is 5.38. The van der Waals surface area contributed by atoms with Crippen LogP contribution in [0, 0.1) is 5.82 Å². The lowest BCUT2D eigenvalue weighted by Crippen LogP contribution is -2.15. The first-order chi connectivity index (χ1) is 9.31. The molecule has 1 heterocycles. The Morgan fingerprint density at radius 1 is 1.37 bits per heavy atom. The van der Waals surface area contributed by atoms with Crippen molar-refractivity contribution in [3.63, 3.8) is 0 Å². The first kappa shape index (κ1) is 12.4. The molecule has 1 aliphatic rings. The van der Waals surface area contributed by atoms with Gasteiger partial charge in [0.05, 0.1) is 23.7 Å². The third-order valence-electron chi connectivity index (χ3n) is 3.49. The van der Waals surface area contributed by atoms with E-state index in [0.717, 1.165) is 5.52 Å². The highest BCUT2D eigenvalue weighted by molar-refractivity contribution is 5.77. The van der Waals surface area contributed by atoms with Gasteiger partial charge in [-0.1, -0.05) is 12.8 Å². The summed E-state index contributed by atoms with van der Waals surface area (Å²) in [5.74, 6) is 0.405. The minimum absolute atomic E-state index is 0.257. The maximum atomic E-state index is 13.0. The van der Waals surface area contributed by atoms with Gasteiger partial charge in [0.15, 0.2) is 0 Å². The smallest absolute Gasteiger partial charge is 0.201 e. The molecule has 19 heavy (non-hydrogen) atoms. The number of rotatable bonds is 5. The van der Waals surface area contributed by atoms with Crippen LogP contribution in [0.1, 0.15) is 25.7 Å². The Labute approximate surface area is 111 Å². The third-order valence-corrected chi connectivity index (χ3v) is 3.49. The van der Waals surface area contributed by atoms with Gasteiger partial charge < -0.3 is 15.0 Å². The highest BCUT2D eigenvalue weighted by Gasteiger charge is 2.14. The summed E-state index contributed by atoms with van der Waals surface area (Å²) >= 11 is 0. The zero-order chi connectivity index (χ0) is 13.1. The number of halogens is 1. The third kappa shape index (κ3) is 3.04. The Morgan fingerprint density at radius 2 is 2.21 bits per heavy atom. The second-order valence-electron chi connectivity index (χ2n) is 4.95. The molecular formula is C14H18FN3O. The van der Waals surface area contributed by atoms with Crippen LogP contribution < -0.4 is 5.32 Å². The minimum Gasteiger partial charge on any atom is -0.376 e. The van der Waals surface area contributed by atoms with Crippen molar-refractivity contribution in [3.05, 3.63) is 24.0 Å². The molecule has 1 fully saturated rings. The van der Waals surface area contributed by atoms with Crippen molar-refractivity contribution < 1.29 is 9.13 Å². The van der Waals surface area contributed by atoms with Crippen molar-refractivity contribution in [2.24, 2.45) is 0 Å². The van der Waals surface area contributed by atoms with Gasteiger partial charge in [0.25, 0.3) is 0 Å². The molecular weight excluding hydrogens is 245 g/mol. The van der Waals surface area contributed by atoms with Crippen molar-refractivity contribution in [1.29, 1.82) is 0 Å². The molecule has 0 bridgehead atoms. The maximum absolute atomic E-state index is 13.0. The average Bonchev–Trinajstić information content (AvgIpc) is 3.02. The number of ether oxygens (including phenoxy) is 1. The van der Waals surface area contributed by atoms with Gasteiger partial charge in [-0.25, -0.2) is 9.37 Å². The average molecular weight is 263 g/mol. The van der Waals surface area contributed by atoms with Crippen molar-refractivity contribution in [2.45, 2.75) is 31.8 Å². The van der Waals surface area contributed by atoms with E-state index in [2.05, 4.69) is 15.3 Å². The minimum atomic E-state index is -0.257. The Kier molecular flexibility index (Phi) is 3.64. The molecule has 1 aromatic heterocycles. The van der Waals surface area contributed by atoms with E-state index in [1.807, 2.05) is 0 Å². The molecule has 3 rings (SSSR count). The molecule has 1 aromatic carbocycles. The molecule has 0 unspecified atom stereocenters. The van der Waals surface area contributed by atoms with E-state index in [-0.39, 0.29) is 5.82 Å². The molecule has 0 saturated heterocycles.